The van der Waals surface area contributed by atoms with Gasteiger partial charge in [0.25, 0.3) is 0 Å². The van der Waals surface area contributed by atoms with Gasteiger partial charge in [0, 0.05) is 18.2 Å². The zero-order valence-electron chi connectivity index (χ0n) is 16.0. The van der Waals surface area contributed by atoms with Crippen molar-refractivity contribution < 1.29 is 5.11 Å². The summed E-state index contributed by atoms with van der Waals surface area (Å²) in [5, 5.41) is 14.2. The van der Waals surface area contributed by atoms with Crippen molar-refractivity contribution in [2.24, 2.45) is 7.05 Å². The van der Waals surface area contributed by atoms with Gasteiger partial charge in [0.1, 0.15) is 0 Å². The molecule has 0 spiro atoms. The molecule has 1 aromatic carbocycles. The summed E-state index contributed by atoms with van der Waals surface area (Å²) in [5.74, 6) is 0. The molecule has 0 amide bonds. The number of hydrogen-bond donors (Lipinski definition) is 1. The average molecular weight is 326 g/mol. The molecule has 130 valence electrons. The van der Waals surface area contributed by atoms with E-state index in [4.69, 9.17) is 0 Å². The highest BCUT2D eigenvalue weighted by Gasteiger charge is 2.23. The van der Waals surface area contributed by atoms with Gasteiger partial charge < -0.3 is 5.11 Å². The first kappa shape index (κ1) is 18.5. The maximum Gasteiger partial charge on any atom is 0.0853 e. The second-order valence-electron chi connectivity index (χ2n) is 8.26. The van der Waals surface area contributed by atoms with Crippen LogP contribution in [0.3, 0.4) is 0 Å². The number of aliphatic hydroxyl groups is 1. The Labute approximate surface area is 146 Å². The lowest BCUT2D eigenvalue weighted by Crippen LogP contribution is -2.23. The summed E-state index contributed by atoms with van der Waals surface area (Å²) in [6.45, 7) is 13.0. The van der Waals surface area contributed by atoms with Gasteiger partial charge in [-0.05, 0) is 41.2 Å². The van der Waals surface area contributed by atoms with E-state index < -0.39 is 0 Å². The van der Waals surface area contributed by atoms with Crippen molar-refractivity contribution in [3.8, 4) is 0 Å². The summed E-state index contributed by atoms with van der Waals surface area (Å²) < 4.78 is 1.89. The summed E-state index contributed by atoms with van der Waals surface area (Å²) in [5.41, 5.74) is 5.55. The summed E-state index contributed by atoms with van der Waals surface area (Å²) in [6, 6.07) is 8.59. The Morgan fingerprint density at radius 3 is 2.25 bits per heavy atom. The van der Waals surface area contributed by atoms with Crippen LogP contribution in [0.5, 0.6) is 0 Å². The van der Waals surface area contributed by atoms with Crippen LogP contribution in [0.4, 0.5) is 0 Å². The Balaban J connectivity index is 2.46. The Bertz CT molecular complexity index is 726. The van der Waals surface area contributed by atoms with E-state index >= 15 is 0 Å². The first-order valence-corrected chi connectivity index (χ1v) is 8.49. The van der Waals surface area contributed by atoms with Crippen LogP contribution in [0.25, 0.3) is 12.2 Å². The quantitative estimate of drug-likeness (QED) is 0.900. The lowest BCUT2D eigenvalue weighted by Gasteiger charge is -2.28. The second-order valence-corrected chi connectivity index (χ2v) is 8.26. The maximum absolute atomic E-state index is 9.67. The minimum atomic E-state index is -0.236. The molecule has 0 aliphatic rings. The fraction of sp³-hybridized carbons (Fsp3) is 0.476. The summed E-state index contributed by atoms with van der Waals surface area (Å²) in [7, 11) is 1.96. The van der Waals surface area contributed by atoms with E-state index in [0.29, 0.717) is 0 Å². The van der Waals surface area contributed by atoms with E-state index in [2.05, 4.69) is 83.1 Å². The van der Waals surface area contributed by atoms with Crippen LogP contribution in [0.15, 0.2) is 24.3 Å². The highest BCUT2D eigenvalue weighted by molar-refractivity contribution is 5.71. The Morgan fingerprint density at radius 2 is 1.75 bits per heavy atom. The second kappa shape index (κ2) is 6.56. The number of aliphatic hydroxyl groups excluding tert-OH is 1. The first-order valence-electron chi connectivity index (χ1n) is 8.49. The molecule has 2 aromatic rings. The van der Waals surface area contributed by atoms with Gasteiger partial charge in [0.15, 0.2) is 0 Å². The minimum absolute atomic E-state index is 0.0290. The number of aromatic nitrogens is 2. The molecule has 1 N–H and O–H groups in total. The van der Waals surface area contributed by atoms with Gasteiger partial charge in [-0.15, -0.1) is 0 Å². The van der Waals surface area contributed by atoms with E-state index in [1.807, 2.05) is 11.7 Å². The fourth-order valence-electron chi connectivity index (χ4n) is 2.71. The molecule has 0 saturated heterocycles. The lowest BCUT2D eigenvalue weighted by molar-refractivity contribution is 0.218. The molecule has 0 unspecified atom stereocenters. The van der Waals surface area contributed by atoms with E-state index in [9.17, 15) is 5.11 Å². The smallest absolute Gasteiger partial charge is 0.0853 e. The average Bonchev–Trinajstić information content (AvgIpc) is 2.82. The van der Waals surface area contributed by atoms with Crippen molar-refractivity contribution in [3.05, 3.63) is 52.3 Å². The van der Waals surface area contributed by atoms with E-state index in [1.54, 1.807) is 0 Å². The topological polar surface area (TPSA) is 38.1 Å². The zero-order chi connectivity index (χ0) is 18.1. The molecular weight excluding hydrogens is 296 g/mol. The van der Waals surface area contributed by atoms with Crippen LogP contribution in [-0.2, 0) is 17.9 Å². The predicted molar refractivity (Wildman–Crippen MR) is 102 cm³/mol. The van der Waals surface area contributed by atoms with E-state index in [1.165, 1.54) is 16.7 Å². The molecule has 3 nitrogen and oxygen atoms in total. The number of nitrogens with zero attached hydrogens (tertiary/aromatic N) is 2. The number of hydrogen-bond acceptors (Lipinski definition) is 2. The molecule has 0 fully saturated rings. The minimum Gasteiger partial charge on any atom is -0.395 e. The highest BCUT2D eigenvalue weighted by Crippen LogP contribution is 2.32. The molecule has 0 bridgehead atoms. The van der Waals surface area contributed by atoms with E-state index in [-0.39, 0.29) is 17.4 Å². The van der Waals surface area contributed by atoms with Crippen LogP contribution < -0.4 is 0 Å². The highest BCUT2D eigenvalue weighted by atomic mass is 16.3. The Morgan fingerprint density at radius 1 is 1.08 bits per heavy atom. The molecule has 0 aliphatic heterocycles. The fourth-order valence-corrected chi connectivity index (χ4v) is 2.71. The standard InChI is InChI=1S/C21H30N2O/c1-15-12-18(22-23(15)7)11-9-16-8-10-17(21(5,6)14-24)13-19(16)20(2,3)4/h8-13,24H,14H2,1-7H3/b11-9+. The predicted octanol–water partition coefficient (Wildman–Crippen LogP) is 4.47. The van der Waals surface area contributed by atoms with E-state index in [0.717, 1.165) is 11.4 Å². The maximum atomic E-state index is 9.67. The molecule has 0 radical (unpaired) electrons. The van der Waals surface area contributed by atoms with Gasteiger partial charge in [-0.3, -0.25) is 4.68 Å². The Kier molecular flexibility index (Phi) is 5.05. The van der Waals surface area contributed by atoms with Crippen LogP contribution in [0, 0.1) is 6.92 Å². The third-order valence-corrected chi connectivity index (χ3v) is 4.60. The zero-order valence-corrected chi connectivity index (χ0v) is 16.0. The number of benzene rings is 1. The molecule has 24 heavy (non-hydrogen) atoms. The summed E-state index contributed by atoms with van der Waals surface area (Å²) in [6.07, 6.45) is 4.20. The van der Waals surface area contributed by atoms with Gasteiger partial charge in [0.05, 0.1) is 12.3 Å². The summed E-state index contributed by atoms with van der Waals surface area (Å²) >= 11 is 0. The van der Waals surface area contributed by atoms with Crippen LogP contribution in [0.1, 0.15) is 62.7 Å². The normalized spacial score (nSPS) is 13.0. The van der Waals surface area contributed by atoms with Crippen molar-refractivity contribution in [3.63, 3.8) is 0 Å². The van der Waals surface area contributed by atoms with Crippen molar-refractivity contribution >= 4 is 12.2 Å². The molecular formula is C21H30N2O. The van der Waals surface area contributed by atoms with Crippen LogP contribution in [-0.4, -0.2) is 21.5 Å². The number of rotatable bonds is 4. The molecule has 3 heteroatoms. The monoisotopic (exact) mass is 326 g/mol. The van der Waals surface area contributed by atoms with Gasteiger partial charge in [-0.1, -0.05) is 58.9 Å². The van der Waals surface area contributed by atoms with Gasteiger partial charge >= 0.3 is 0 Å². The van der Waals surface area contributed by atoms with Gasteiger partial charge in [-0.2, -0.15) is 5.10 Å². The van der Waals surface area contributed by atoms with Gasteiger partial charge in [-0.25, -0.2) is 0 Å². The van der Waals surface area contributed by atoms with Crippen molar-refractivity contribution in [2.75, 3.05) is 6.61 Å². The molecule has 0 aliphatic carbocycles. The number of aryl methyl sites for hydroxylation is 2. The van der Waals surface area contributed by atoms with Crippen molar-refractivity contribution in [2.45, 2.75) is 52.4 Å². The largest absolute Gasteiger partial charge is 0.395 e. The third-order valence-electron chi connectivity index (χ3n) is 4.60. The van der Waals surface area contributed by atoms with Gasteiger partial charge in [0.2, 0.25) is 0 Å². The first-order chi connectivity index (χ1) is 11.0. The molecule has 2 rings (SSSR count). The SMILES string of the molecule is Cc1cc(/C=C/c2ccc(C(C)(C)CO)cc2C(C)(C)C)nn1C. The third kappa shape index (κ3) is 3.96. The summed E-state index contributed by atoms with van der Waals surface area (Å²) in [4.78, 5) is 0. The van der Waals surface area contributed by atoms with Crippen LogP contribution >= 0.6 is 0 Å². The lowest BCUT2D eigenvalue weighted by atomic mass is 9.78. The molecule has 0 atom stereocenters. The Hall–Kier alpha value is -1.87. The van der Waals surface area contributed by atoms with Crippen LogP contribution in [0.2, 0.25) is 0 Å². The molecule has 0 saturated carbocycles. The molecule has 1 heterocycles. The van der Waals surface area contributed by atoms with Crippen molar-refractivity contribution in [1.29, 1.82) is 0 Å². The van der Waals surface area contributed by atoms with Crippen molar-refractivity contribution in [1.82, 2.24) is 9.78 Å². The molecule has 1 aromatic heterocycles.